The van der Waals surface area contributed by atoms with Gasteiger partial charge in [-0.2, -0.15) is 0 Å². The van der Waals surface area contributed by atoms with Crippen LogP contribution in [0.25, 0.3) is 10.9 Å². The Bertz CT molecular complexity index is 938. The average Bonchev–Trinajstić information content (AvgIpc) is 2.53. The first-order valence-electron chi connectivity index (χ1n) is 6.47. The summed E-state index contributed by atoms with van der Waals surface area (Å²) in [4.78, 5) is 15.8. The minimum Gasteiger partial charge on any atom is -0.349 e. The first-order valence-corrected chi connectivity index (χ1v) is 6.85. The minimum absolute atomic E-state index is 0.0526. The molecule has 3 aromatic rings. The lowest BCUT2D eigenvalue weighted by Crippen LogP contribution is -2.20. The van der Waals surface area contributed by atoms with Crippen molar-refractivity contribution in [2.45, 2.75) is 6.80 Å². The molecule has 0 fully saturated rings. The van der Waals surface area contributed by atoms with Gasteiger partial charge in [-0.1, -0.05) is 17.7 Å². The SMILES string of the molecule is O=c1c2c(F)c(Nc3c(F)cccc3Cl)ccc2ncn1CF. The van der Waals surface area contributed by atoms with E-state index < -0.39 is 24.0 Å². The van der Waals surface area contributed by atoms with E-state index in [2.05, 4.69) is 10.3 Å². The number of halogens is 4. The molecule has 0 saturated carbocycles. The molecule has 0 aliphatic rings. The molecule has 1 N–H and O–H groups in total. The van der Waals surface area contributed by atoms with Crippen molar-refractivity contribution < 1.29 is 13.2 Å². The van der Waals surface area contributed by atoms with Gasteiger partial charge in [0.2, 0.25) is 0 Å². The van der Waals surface area contributed by atoms with E-state index in [9.17, 15) is 18.0 Å². The molecular formula is C15H9ClF3N3O. The van der Waals surface area contributed by atoms with Crippen molar-refractivity contribution in [3.63, 3.8) is 0 Å². The van der Waals surface area contributed by atoms with Gasteiger partial charge in [-0.25, -0.2) is 18.2 Å². The summed E-state index contributed by atoms with van der Waals surface area (Å²) in [6.45, 7) is -1.13. The maximum Gasteiger partial charge on any atom is 0.266 e. The Morgan fingerprint density at radius 2 is 2.00 bits per heavy atom. The number of aromatic nitrogens is 2. The van der Waals surface area contributed by atoms with E-state index in [4.69, 9.17) is 11.6 Å². The van der Waals surface area contributed by atoms with Crippen LogP contribution in [0.3, 0.4) is 0 Å². The van der Waals surface area contributed by atoms with E-state index in [0.29, 0.717) is 4.57 Å². The largest absolute Gasteiger partial charge is 0.349 e. The summed E-state index contributed by atoms with van der Waals surface area (Å²) >= 11 is 5.88. The van der Waals surface area contributed by atoms with Gasteiger partial charge < -0.3 is 5.32 Å². The van der Waals surface area contributed by atoms with Crippen LogP contribution in [0, 0.1) is 11.6 Å². The van der Waals surface area contributed by atoms with Gasteiger partial charge in [-0.05, 0) is 24.3 Å². The van der Waals surface area contributed by atoms with Crippen LogP contribution in [-0.4, -0.2) is 9.55 Å². The Labute approximate surface area is 133 Å². The van der Waals surface area contributed by atoms with Gasteiger partial charge in [0, 0.05) is 0 Å². The summed E-state index contributed by atoms with van der Waals surface area (Å²) in [5.74, 6) is -1.63. The fourth-order valence-electron chi connectivity index (χ4n) is 2.14. The second-order valence-electron chi connectivity index (χ2n) is 4.68. The van der Waals surface area contributed by atoms with E-state index >= 15 is 0 Å². The average molecular weight is 340 g/mol. The van der Waals surface area contributed by atoms with Crippen LogP contribution in [-0.2, 0) is 6.80 Å². The van der Waals surface area contributed by atoms with Gasteiger partial charge >= 0.3 is 0 Å². The topological polar surface area (TPSA) is 46.9 Å². The normalized spacial score (nSPS) is 11.0. The zero-order valence-electron chi connectivity index (χ0n) is 11.5. The van der Waals surface area contributed by atoms with Crippen LogP contribution in [0.15, 0.2) is 41.5 Å². The maximum absolute atomic E-state index is 14.6. The third-order valence-corrected chi connectivity index (χ3v) is 3.60. The molecule has 118 valence electrons. The molecule has 0 saturated heterocycles. The lowest BCUT2D eigenvalue weighted by molar-refractivity contribution is 0.367. The highest BCUT2D eigenvalue weighted by Crippen LogP contribution is 2.30. The first kappa shape index (κ1) is 15.4. The predicted molar refractivity (Wildman–Crippen MR) is 81.8 cm³/mol. The molecule has 3 rings (SSSR count). The Kier molecular flexibility index (Phi) is 3.96. The fourth-order valence-corrected chi connectivity index (χ4v) is 2.35. The van der Waals surface area contributed by atoms with Crippen molar-refractivity contribution in [3.8, 4) is 0 Å². The molecule has 1 heterocycles. The number of nitrogens with one attached hydrogen (secondary N) is 1. The number of fused-ring (bicyclic) bond motifs is 1. The molecule has 0 aliphatic carbocycles. The molecule has 23 heavy (non-hydrogen) atoms. The van der Waals surface area contributed by atoms with Crippen LogP contribution in [0.4, 0.5) is 24.5 Å². The van der Waals surface area contributed by atoms with Crippen LogP contribution in [0.1, 0.15) is 0 Å². The Morgan fingerprint density at radius 3 is 2.70 bits per heavy atom. The number of hydrogen-bond donors (Lipinski definition) is 1. The molecular weight excluding hydrogens is 331 g/mol. The van der Waals surface area contributed by atoms with Crippen LogP contribution < -0.4 is 10.9 Å². The Morgan fingerprint density at radius 1 is 1.22 bits per heavy atom. The predicted octanol–water partition coefficient (Wildman–Crippen LogP) is 4.00. The number of nitrogens with zero attached hydrogens (tertiary/aromatic N) is 2. The second-order valence-corrected chi connectivity index (χ2v) is 5.09. The first-order chi connectivity index (χ1) is 11.0. The Balaban J connectivity index is 2.18. The van der Waals surface area contributed by atoms with Gasteiger partial charge in [0.15, 0.2) is 12.6 Å². The van der Waals surface area contributed by atoms with Crippen LogP contribution >= 0.6 is 11.6 Å². The minimum atomic E-state index is -1.13. The molecule has 2 aromatic carbocycles. The zero-order chi connectivity index (χ0) is 16.6. The van der Waals surface area contributed by atoms with Crippen molar-refractivity contribution in [1.82, 2.24) is 9.55 Å². The van der Waals surface area contributed by atoms with E-state index in [1.165, 1.54) is 24.3 Å². The van der Waals surface area contributed by atoms with Crippen molar-refractivity contribution in [3.05, 3.63) is 63.7 Å². The number of anilines is 2. The third-order valence-electron chi connectivity index (χ3n) is 3.28. The summed E-state index contributed by atoms with van der Waals surface area (Å²) in [7, 11) is 0. The number of benzene rings is 2. The molecule has 8 heteroatoms. The van der Waals surface area contributed by atoms with Crippen molar-refractivity contribution in [2.24, 2.45) is 0 Å². The molecule has 0 amide bonds. The van der Waals surface area contributed by atoms with E-state index in [-0.39, 0.29) is 27.3 Å². The monoisotopic (exact) mass is 339 g/mol. The number of alkyl halides is 1. The zero-order valence-corrected chi connectivity index (χ0v) is 12.2. The quantitative estimate of drug-likeness (QED) is 0.784. The van der Waals surface area contributed by atoms with Crippen LogP contribution in [0.5, 0.6) is 0 Å². The molecule has 0 spiro atoms. The molecule has 0 aliphatic heterocycles. The number of para-hydroxylation sites is 1. The summed E-state index contributed by atoms with van der Waals surface area (Å²) in [6.07, 6.45) is 0.991. The molecule has 0 radical (unpaired) electrons. The third kappa shape index (κ3) is 2.63. The highest BCUT2D eigenvalue weighted by molar-refractivity contribution is 6.33. The van der Waals surface area contributed by atoms with Crippen LogP contribution in [0.2, 0.25) is 5.02 Å². The standard InChI is InChI=1S/C15H9ClF3N3O/c16-8-2-1-3-9(18)14(8)21-11-5-4-10-12(13(11)19)15(23)22(6-17)7-20-10/h1-5,7,21H,6H2. The fraction of sp³-hybridized carbons (Fsp3) is 0.0667. The van der Waals surface area contributed by atoms with Gasteiger partial charge in [0.25, 0.3) is 5.56 Å². The summed E-state index contributed by atoms with van der Waals surface area (Å²) in [5.41, 5.74) is -1.08. The highest BCUT2D eigenvalue weighted by atomic mass is 35.5. The summed E-state index contributed by atoms with van der Waals surface area (Å²) in [5, 5.41) is 2.18. The number of rotatable bonds is 3. The lowest BCUT2D eigenvalue weighted by atomic mass is 10.2. The van der Waals surface area contributed by atoms with E-state index in [0.717, 1.165) is 12.4 Å². The van der Waals surface area contributed by atoms with Crippen molar-refractivity contribution >= 4 is 33.9 Å². The van der Waals surface area contributed by atoms with Gasteiger partial charge in [0.05, 0.1) is 21.9 Å². The molecule has 0 atom stereocenters. The second kappa shape index (κ2) is 5.92. The highest BCUT2D eigenvalue weighted by Gasteiger charge is 2.15. The van der Waals surface area contributed by atoms with Crippen molar-refractivity contribution in [2.75, 3.05) is 5.32 Å². The molecule has 4 nitrogen and oxygen atoms in total. The van der Waals surface area contributed by atoms with Gasteiger partial charge in [0.1, 0.15) is 17.5 Å². The number of hydrogen-bond acceptors (Lipinski definition) is 3. The molecule has 1 aromatic heterocycles. The molecule has 0 unspecified atom stereocenters. The van der Waals surface area contributed by atoms with Crippen molar-refractivity contribution in [1.29, 1.82) is 0 Å². The Hall–Kier alpha value is -2.54. The maximum atomic E-state index is 14.6. The molecule has 0 bridgehead atoms. The summed E-state index contributed by atoms with van der Waals surface area (Å²) < 4.78 is 41.7. The van der Waals surface area contributed by atoms with E-state index in [1.807, 2.05) is 0 Å². The van der Waals surface area contributed by atoms with E-state index in [1.54, 1.807) is 0 Å². The van der Waals surface area contributed by atoms with Gasteiger partial charge in [-0.15, -0.1) is 0 Å². The smallest absolute Gasteiger partial charge is 0.266 e. The lowest BCUT2D eigenvalue weighted by Gasteiger charge is -2.12. The van der Waals surface area contributed by atoms with Gasteiger partial charge in [-0.3, -0.25) is 9.36 Å². The summed E-state index contributed by atoms with van der Waals surface area (Å²) in [6, 6.07) is 6.67.